The number of carbonyl (C=O) groups is 2. The SMILES string of the molecule is CN(C)C(=O)Nc1cnn(CC(=O)Nc2ccc(F)cc2)n1. The van der Waals surface area contributed by atoms with E-state index < -0.39 is 0 Å². The van der Waals surface area contributed by atoms with Gasteiger partial charge in [0, 0.05) is 19.8 Å². The number of benzene rings is 1. The molecule has 0 aliphatic carbocycles. The molecule has 0 atom stereocenters. The molecular formula is C13H15FN6O2. The Balaban J connectivity index is 1.90. The Morgan fingerprint density at radius 2 is 1.91 bits per heavy atom. The Morgan fingerprint density at radius 3 is 2.55 bits per heavy atom. The maximum absolute atomic E-state index is 12.8. The first-order valence-corrected chi connectivity index (χ1v) is 6.38. The van der Waals surface area contributed by atoms with Crippen molar-refractivity contribution in [1.29, 1.82) is 0 Å². The Morgan fingerprint density at radius 1 is 1.23 bits per heavy atom. The number of halogens is 1. The number of nitrogens with zero attached hydrogens (tertiary/aromatic N) is 4. The fraction of sp³-hybridized carbons (Fsp3) is 0.231. The van der Waals surface area contributed by atoms with E-state index in [-0.39, 0.29) is 30.1 Å². The average molecular weight is 306 g/mol. The molecule has 9 heteroatoms. The first-order chi connectivity index (χ1) is 10.4. The Hall–Kier alpha value is -2.97. The molecule has 2 rings (SSSR count). The van der Waals surface area contributed by atoms with Crippen molar-refractivity contribution in [2.45, 2.75) is 6.54 Å². The van der Waals surface area contributed by atoms with Gasteiger partial charge in [-0.1, -0.05) is 0 Å². The van der Waals surface area contributed by atoms with Crippen molar-refractivity contribution < 1.29 is 14.0 Å². The number of aromatic nitrogens is 3. The summed E-state index contributed by atoms with van der Waals surface area (Å²) in [5.41, 5.74) is 0.472. The molecule has 1 heterocycles. The summed E-state index contributed by atoms with van der Waals surface area (Å²) in [4.78, 5) is 25.7. The second-order valence-corrected chi connectivity index (χ2v) is 4.64. The highest BCUT2D eigenvalue weighted by atomic mass is 19.1. The highest BCUT2D eigenvalue weighted by Crippen LogP contribution is 2.08. The predicted octanol–water partition coefficient (Wildman–Crippen LogP) is 1.15. The van der Waals surface area contributed by atoms with E-state index in [0.717, 1.165) is 4.80 Å². The summed E-state index contributed by atoms with van der Waals surface area (Å²) in [5.74, 6) is -0.506. The standard InChI is InChI=1S/C13H15FN6O2/c1-19(2)13(22)17-11-7-15-20(18-11)8-12(21)16-10-5-3-9(14)4-6-10/h3-7H,8H2,1-2H3,(H,16,21)(H,17,18,22). The number of hydrogen-bond acceptors (Lipinski definition) is 4. The number of carbonyl (C=O) groups excluding carboxylic acids is 2. The van der Waals surface area contributed by atoms with Crippen molar-refractivity contribution in [1.82, 2.24) is 19.9 Å². The zero-order valence-electron chi connectivity index (χ0n) is 12.1. The molecule has 0 unspecified atom stereocenters. The van der Waals surface area contributed by atoms with E-state index in [4.69, 9.17) is 0 Å². The summed E-state index contributed by atoms with van der Waals surface area (Å²) in [7, 11) is 3.19. The average Bonchev–Trinajstić information content (AvgIpc) is 2.88. The third-order valence-corrected chi connectivity index (χ3v) is 2.59. The lowest BCUT2D eigenvalue weighted by Gasteiger charge is -2.09. The maximum atomic E-state index is 12.8. The number of hydrogen-bond donors (Lipinski definition) is 2. The largest absolute Gasteiger partial charge is 0.331 e. The van der Waals surface area contributed by atoms with Crippen molar-refractivity contribution in [2.24, 2.45) is 0 Å². The number of anilines is 2. The molecule has 0 saturated carbocycles. The van der Waals surface area contributed by atoms with Gasteiger partial charge in [0.1, 0.15) is 12.4 Å². The highest BCUT2D eigenvalue weighted by Gasteiger charge is 2.10. The van der Waals surface area contributed by atoms with Crippen LogP contribution in [-0.4, -0.2) is 45.9 Å². The van der Waals surface area contributed by atoms with E-state index in [1.165, 1.54) is 35.4 Å². The van der Waals surface area contributed by atoms with Crippen LogP contribution in [0.25, 0.3) is 0 Å². The van der Waals surface area contributed by atoms with E-state index in [1.54, 1.807) is 14.1 Å². The lowest BCUT2D eigenvalue weighted by molar-refractivity contribution is -0.117. The van der Waals surface area contributed by atoms with Crippen LogP contribution in [0.15, 0.2) is 30.5 Å². The minimum atomic E-state index is -0.381. The number of urea groups is 1. The monoisotopic (exact) mass is 306 g/mol. The second-order valence-electron chi connectivity index (χ2n) is 4.64. The zero-order valence-corrected chi connectivity index (χ0v) is 12.1. The van der Waals surface area contributed by atoms with Crippen molar-refractivity contribution in [3.8, 4) is 0 Å². The van der Waals surface area contributed by atoms with Gasteiger partial charge in [0.05, 0.1) is 6.20 Å². The molecule has 8 nitrogen and oxygen atoms in total. The normalized spacial score (nSPS) is 10.1. The van der Waals surface area contributed by atoms with Gasteiger partial charge in [-0.2, -0.15) is 9.90 Å². The fourth-order valence-corrected chi connectivity index (χ4v) is 1.51. The van der Waals surface area contributed by atoms with Crippen LogP contribution in [0, 0.1) is 5.82 Å². The number of amides is 3. The Bertz CT molecular complexity index is 667. The molecule has 3 amide bonds. The van der Waals surface area contributed by atoms with Crippen LogP contribution in [0.3, 0.4) is 0 Å². The molecule has 1 aromatic carbocycles. The quantitative estimate of drug-likeness (QED) is 0.886. The predicted molar refractivity (Wildman–Crippen MR) is 77.8 cm³/mol. The first-order valence-electron chi connectivity index (χ1n) is 6.38. The number of nitrogens with one attached hydrogen (secondary N) is 2. The molecule has 0 saturated heterocycles. The molecule has 2 aromatic rings. The van der Waals surface area contributed by atoms with Crippen LogP contribution in [0.5, 0.6) is 0 Å². The lowest BCUT2D eigenvalue weighted by atomic mass is 10.3. The van der Waals surface area contributed by atoms with Crippen LogP contribution >= 0.6 is 0 Å². The van der Waals surface area contributed by atoms with Crippen LogP contribution < -0.4 is 10.6 Å². The summed E-state index contributed by atoms with van der Waals surface area (Å²) in [6, 6.07) is 5.05. The van der Waals surface area contributed by atoms with Gasteiger partial charge in [-0.05, 0) is 24.3 Å². The van der Waals surface area contributed by atoms with E-state index in [2.05, 4.69) is 20.8 Å². The lowest BCUT2D eigenvalue weighted by Crippen LogP contribution is -2.27. The van der Waals surface area contributed by atoms with E-state index in [1.807, 2.05) is 0 Å². The fourth-order valence-electron chi connectivity index (χ4n) is 1.51. The highest BCUT2D eigenvalue weighted by molar-refractivity contribution is 5.90. The molecule has 1 aromatic heterocycles. The Labute approximate surface area is 125 Å². The molecular weight excluding hydrogens is 291 g/mol. The topological polar surface area (TPSA) is 92.2 Å². The van der Waals surface area contributed by atoms with Crippen molar-refractivity contribution in [3.05, 3.63) is 36.3 Å². The molecule has 22 heavy (non-hydrogen) atoms. The van der Waals surface area contributed by atoms with Gasteiger partial charge in [0.2, 0.25) is 5.91 Å². The molecule has 0 radical (unpaired) electrons. The molecule has 0 aliphatic rings. The van der Waals surface area contributed by atoms with Gasteiger partial charge in [-0.3, -0.25) is 10.1 Å². The third kappa shape index (κ3) is 4.27. The summed E-state index contributed by atoms with van der Waals surface area (Å²) in [6.07, 6.45) is 1.34. The summed E-state index contributed by atoms with van der Waals surface area (Å²) < 4.78 is 12.8. The molecule has 0 fully saturated rings. The van der Waals surface area contributed by atoms with Gasteiger partial charge in [-0.15, -0.1) is 5.10 Å². The van der Waals surface area contributed by atoms with Crippen LogP contribution in [0.4, 0.5) is 20.7 Å². The minimum Gasteiger partial charge on any atom is -0.331 e. The van der Waals surface area contributed by atoms with Crippen LogP contribution in [0.1, 0.15) is 0 Å². The smallest absolute Gasteiger partial charge is 0.322 e. The minimum absolute atomic E-state index is 0.130. The van der Waals surface area contributed by atoms with E-state index >= 15 is 0 Å². The van der Waals surface area contributed by atoms with Gasteiger partial charge in [0.15, 0.2) is 5.82 Å². The third-order valence-electron chi connectivity index (χ3n) is 2.59. The van der Waals surface area contributed by atoms with Crippen molar-refractivity contribution in [3.63, 3.8) is 0 Å². The molecule has 0 aliphatic heterocycles. The van der Waals surface area contributed by atoms with E-state index in [9.17, 15) is 14.0 Å². The summed E-state index contributed by atoms with van der Waals surface area (Å²) in [5, 5.41) is 12.9. The maximum Gasteiger partial charge on any atom is 0.322 e. The van der Waals surface area contributed by atoms with Crippen LogP contribution in [-0.2, 0) is 11.3 Å². The van der Waals surface area contributed by atoms with Crippen molar-refractivity contribution in [2.75, 3.05) is 24.7 Å². The molecule has 2 N–H and O–H groups in total. The molecule has 116 valence electrons. The van der Waals surface area contributed by atoms with Gasteiger partial charge < -0.3 is 10.2 Å². The first kappa shape index (κ1) is 15.4. The summed E-state index contributed by atoms with van der Waals surface area (Å²) >= 11 is 0. The zero-order chi connectivity index (χ0) is 16.1. The molecule has 0 bridgehead atoms. The van der Waals surface area contributed by atoms with Gasteiger partial charge in [0.25, 0.3) is 0 Å². The van der Waals surface area contributed by atoms with E-state index in [0.29, 0.717) is 5.69 Å². The number of rotatable bonds is 4. The Kier molecular flexibility index (Phi) is 4.66. The van der Waals surface area contributed by atoms with Gasteiger partial charge >= 0.3 is 6.03 Å². The van der Waals surface area contributed by atoms with Crippen molar-refractivity contribution >= 4 is 23.4 Å². The van der Waals surface area contributed by atoms with Crippen LogP contribution in [0.2, 0.25) is 0 Å². The van der Waals surface area contributed by atoms with Gasteiger partial charge in [-0.25, -0.2) is 9.18 Å². The summed E-state index contributed by atoms with van der Waals surface area (Å²) in [6.45, 7) is -0.130. The molecule has 0 spiro atoms. The second kappa shape index (κ2) is 6.66.